The smallest absolute Gasteiger partial charge is 0.306 e. The normalized spacial score (nSPS) is 13.3. The van der Waals surface area contributed by atoms with Gasteiger partial charge >= 0.3 is 5.97 Å². The Balaban J connectivity index is 4.52. The number of rotatable bonds is 46. The van der Waals surface area contributed by atoms with Crippen LogP contribution in [0.5, 0.6) is 0 Å². The van der Waals surface area contributed by atoms with Crippen molar-refractivity contribution in [1.82, 2.24) is 5.32 Å². The van der Waals surface area contributed by atoms with Crippen molar-refractivity contribution in [1.29, 1.82) is 0 Å². The maximum absolute atomic E-state index is 13.2. The molecule has 6 heteroatoms. The first-order valence-corrected chi connectivity index (χ1v) is 25.4. The molecule has 3 N–H and O–H groups in total. The molecule has 0 saturated heterocycles. The summed E-state index contributed by atoms with van der Waals surface area (Å²) < 4.78 is 5.92. The Morgan fingerprint density at radius 3 is 1.32 bits per heavy atom. The lowest BCUT2D eigenvalue weighted by molar-refractivity contribution is -0.151. The molecule has 3 unspecified atom stereocenters. The molecule has 338 valence electrons. The molecule has 0 aliphatic carbocycles. The summed E-state index contributed by atoms with van der Waals surface area (Å²) in [6.45, 7) is 6.44. The van der Waals surface area contributed by atoms with E-state index in [-0.39, 0.29) is 24.9 Å². The molecule has 0 aromatic carbocycles. The topological polar surface area (TPSA) is 95.9 Å². The average molecular weight is 806 g/mol. The molecule has 0 bridgehead atoms. The largest absolute Gasteiger partial charge is 0.462 e. The molecule has 0 aromatic rings. The third-order valence-corrected chi connectivity index (χ3v) is 11.8. The van der Waals surface area contributed by atoms with Crippen LogP contribution in [0.15, 0.2) is 12.2 Å². The first kappa shape index (κ1) is 55.6. The van der Waals surface area contributed by atoms with Crippen LogP contribution in [0, 0.1) is 0 Å². The summed E-state index contributed by atoms with van der Waals surface area (Å²) in [6, 6.07) is -0.695. The minimum Gasteiger partial charge on any atom is -0.462 e. The van der Waals surface area contributed by atoms with Gasteiger partial charge in [0.2, 0.25) is 5.91 Å². The van der Waals surface area contributed by atoms with E-state index in [1.54, 1.807) is 0 Å². The summed E-state index contributed by atoms with van der Waals surface area (Å²) in [7, 11) is 0. The lowest BCUT2D eigenvalue weighted by Crippen LogP contribution is -2.46. The molecule has 0 rings (SSSR count). The van der Waals surface area contributed by atoms with Gasteiger partial charge in [0.1, 0.15) is 6.10 Å². The molecule has 0 aromatic heterocycles. The molecule has 6 nitrogen and oxygen atoms in total. The Hall–Kier alpha value is -1.40. The van der Waals surface area contributed by atoms with Gasteiger partial charge in [0.05, 0.1) is 25.2 Å². The van der Waals surface area contributed by atoms with E-state index in [2.05, 4.69) is 38.2 Å². The third kappa shape index (κ3) is 41.1. The molecule has 0 saturated carbocycles. The predicted molar refractivity (Wildman–Crippen MR) is 246 cm³/mol. The number of unbranched alkanes of at least 4 members (excludes halogenated alkanes) is 32. The van der Waals surface area contributed by atoms with E-state index in [0.717, 1.165) is 57.8 Å². The Kier molecular flexibility index (Phi) is 44.6. The fourth-order valence-electron chi connectivity index (χ4n) is 7.96. The monoisotopic (exact) mass is 806 g/mol. The van der Waals surface area contributed by atoms with Crippen molar-refractivity contribution in [2.24, 2.45) is 0 Å². The first-order chi connectivity index (χ1) is 28.0. The second kappa shape index (κ2) is 45.7. The van der Waals surface area contributed by atoms with Crippen LogP contribution < -0.4 is 5.32 Å². The maximum Gasteiger partial charge on any atom is 0.306 e. The summed E-state index contributed by atoms with van der Waals surface area (Å²) >= 11 is 0. The van der Waals surface area contributed by atoms with Crippen molar-refractivity contribution in [3.63, 3.8) is 0 Å². The number of allylic oxidation sites excluding steroid dienone is 2. The van der Waals surface area contributed by atoms with Gasteiger partial charge in [0.15, 0.2) is 0 Å². The summed E-state index contributed by atoms with van der Waals surface area (Å²) in [5, 5.41) is 23.7. The highest BCUT2D eigenvalue weighted by atomic mass is 16.5. The number of amides is 1. The van der Waals surface area contributed by atoms with Gasteiger partial charge < -0.3 is 20.3 Å². The van der Waals surface area contributed by atoms with Crippen LogP contribution in [0.2, 0.25) is 0 Å². The van der Waals surface area contributed by atoms with Crippen LogP contribution in [0.1, 0.15) is 278 Å². The highest BCUT2D eigenvalue weighted by Crippen LogP contribution is 2.18. The van der Waals surface area contributed by atoms with Crippen LogP contribution in [0.3, 0.4) is 0 Å². The predicted octanol–water partition coefficient (Wildman–Crippen LogP) is 15.0. The van der Waals surface area contributed by atoms with Gasteiger partial charge in [-0.15, -0.1) is 0 Å². The second-order valence-electron chi connectivity index (χ2n) is 17.6. The summed E-state index contributed by atoms with van der Waals surface area (Å²) in [5.41, 5.74) is 0. The Bertz CT molecular complexity index is 863. The fourth-order valence-corrected chi connectivity index (χ4v) is 7.96. The molecule has 1 amide bonds. The SMILES string of the molecule is CCC/C=C\CCCCCCCC(=O)OC(CCCCCCCCCCCCCCCCCC)CC(=O)NC(CO)C(O)CCCCCCCCCCCCCC. The lowest BCUT2D eigenvalue weighted by atomic mass is 10.0. The molecule has 0 heterocycles. The lowest BCUT2D eigenvalue weighted by Gasteiger charge is -2.24. The number of carbonyl (C=O) groups excluding carboxylic acids is 2. The Morgan fingerprint density at radius 1 is 0.491 bits per heavy atom. The van der Waals surface area contributed by atoms with Crippen LogP contribution in [-0.4, -0.2) is 46.9 Å². The molecule has 0 radical (unpaired) electrons. The molecule has 0 aliphatic heterocycles. The molecule has 0 spiro atoms. The molecule has 57 heavy (non-hydrogen) atoms. The molecule has 0 aliphatic rings. The molecular weight excluding hydrogens is 707 g/mol. The van der Waals surface area contributed by atoms with Crippen molar-refractivity contribution in [3.8, 4) is 0 Å². The summed E-state index contributed by atoms with van der Waals surface area (Å²) in [6.07, 6.45) is 49.9. The number of nitrogens with one attached hydrogen (secondary N) is 1. The third-order valence-electron chi connectivity index (χ3n) is 11.8. The number of hydrogen-bond donors (Lipinski definition) is 3. The zero-order chi connectivity index (χ0) is 41.7. The van der Waals surface area contributed by atoms with Crippen LogP contribution in [0.25, 0.3) is 0 Å². The molecule has 0 fully saturated rings. The van der Waals surface area contributed by atoms with Crippen molar-refractivity contribution in [2.45, 2.75) is 296 Å². The van der Waals surface area contributed by atoms with Gasteiger partial charge in [0, 0.05) is 6.42 Å². The number of aliphatic hydroxyl groups is 2. The zero-order valence-electron chi connectivity index (χ0n) is 38.5. The van der Waals surface area contributed by atoms with Crippen LogP contribution >= 0.6 is 0 Å². The number of ether oxygens (including phenoxy) is 1. The minimum absolute atomic E-state index is 0.0812. The Labute approximate surface area is 355 Å². The van der Waals surface area contributed by atoms with Gasteiger partial charge in [0.25, 0.3) is 0 Å². The highest BCUT2D eigenvalue weighted by molar-refractivity contribution is 5.77. The van der Waals surface area contributed by atoms with E-state index in [4.69, 9.17) is 4.74 Å². The number of carbonyl (C=O) groups is 2. The van der Waals surface area contributed by atoms with E-state index >= 15 is 0 Å². The summed E-state index contributed by atoms with van der Waals surface area (Å²) in [4.78, 5) is 26.0. The Morgan fingerprint density at radius 2 is 0.877 bits per heavy atom. The first-order valence-electron chi connectivity index (χ1n) is 25.4. The van der Waals surface area contributed by atoms with E-state index in [1.165, 1.54) is 173 Å². The average Bonchev–Trinajstić information content (AvgIpc) is 3.20. The fraction of sp³-hybridized carbons (Fsp3) is 0.922. The van der Waals surface area contributed by atoms with Crippen molar-refractivity contribution in [3.05, 3.63) is 12.2 Å². The highest BCUT2D eigenvalue weighted by Gasteiger charge is 2.24. The van der Waals surface area contributed by atoms with Gasteiger partial charge in [-0.25, -0.2) is 0 Å². The van der Waals surface area contributed by atoms with E-state index in [9.17, 15) is 19.8 Å². The van der Waals surface area contributed by atoms with Crippen LogP contribution in [0.4, 0.5) is 0 Å². The maximum atomic E-state index is 13.2. The number of hydrogen-bond acceptors (Lipinski definition) is 5. The van der Waals surface area contributed by atoms with Crippen molar-refractivity contribution < 1.29 is 24.5 Å². The van der Waals surface area contributed by atoms with Crippen LogP contribution in [-0.2, 0) is 14.3 Å². The van der Waals surface area contributed by atoms with E-state index in [1.807, 2.05) is 0 Å². The van der Waals surface area contributed by atoms with Gasteiger partial charge in [-0.1, -0.05) is 232 Å². The standard InChI is InChI=1S/C51H99NO5/c1-4-7-10-13-16-19-22-24-25-26-27-28-30-33-36-39-42-47(57-51(56)44-41-38-35-32-21-18-15-12-9-6-3)45-50(55)52-48(46-53)49(54)43-40-37-34-31-29-23-20-17-14-11-8-5-2/h12,15,47-49,53-54H,4-11,13-14,16-46H2,1-3H3,(H,52,55)/b15-12-. The quantitative estimate of drug-likeness (QED) is 0.0323. The number of aliphatic hydroxyl groups excluding tert-OH is 2. The van der Waals surface area contributed by atoms with E-state index in [0.29, 0.717) is 19.3 Å². The van der Waals surface area contributed by atoms with Gasteiger partial charge in [-0.2, -0.15) is 0 Å². The van der Waals surface area contributed by atoms with E-state index < -0.39 is 18.2 Å². The van der Waals surface area contributed by atoms with Crippen molar-refractivity contribution >= 4 is 11.9 Å². The molecular formula is C51H99NO5. The summed E-state index contributed by atoms with van der Waals surface area (Å²) in [5.74, 6) is -0.470. The number of esters is 1. The molecule has 3 atom stereocenters. The van der Waals surface area contributed by atoms with Crippen molar-refractivity contribution in [2.75, 3.05) is 6.61 Å². The van der Waals surface area contributed by atoms with Gasteiger partial charge in [-0.3, -0.25) is 9.59 Å². The minimum atomic E-state index is -0.782. The zero-order valence-corrected chi connectivity index (χ0v) is 38.5. The second-order valence-corrected chi connectivity index (χ2v) is 17.6. The van der Waals surface area contributed by atoms with Gasteiger partial charge in [-0.05, 0) is 44.9 Å².